The minimum atomic E-state index is -0.245. The number of carbonyl (C=O) groups excluding carboxylic acids is 1. The largest absolute Gasteiger partial charge is 0.497 e. The van der Waals surface area contributed by atoms with Gasteiger partial charge in [0, 0.05) is 29.0 Å². The van der Waals surface area contributed by atoms with Crippen LogP contribution < -0.4 is 14.8 Å². The molecule has 0 spiro atoms. The molecule has 0 radical (unpaired) electrons. The molecule has 0 bridgehead atoms. The molecule has 1 amide bonds. The zero-order valence-electron chi connectivity index (χ0n) is 15.2. The quantitative estimate of drug-likeness (QED) is 0.544. The predicted molar refractivity (Wildman–Crippen MR) is 104 cm³/mol. The Kier molecular flexibility index (Phi) is 4.46. The average molecular weight is 364 g/mol. The molecule has 0 saturated carbocycles. The molecule has 2 aromatic heterocycles. The van der Waals surface area contributed by atoms with Crippen LogP contribution in [0.15, 0.2) is 53.1 Å². The molecule has 6 nitrogen and oxygen atoms in total. The molecule has 0 aliphatic rings. The normalized spacial score (nSPS) is 11.0. The third kappa shape index (κ3) is 3.21. The summed E-state index contributed by atoms with van der Waals surface area (Å²) in [5, 5.41) is 4.84. The van der Waals surface area contributed by atoms with E-state index in [9.17, 15) is 4.79 Å². The van der Waals surface area contributed by atoms with Crippen LogP contribution in [0.4, 0.5) is 0 Å². The number of hydrogen-bond acceptors (Lipinski definition) is 4. The second-order valence-corrected chi connectivity index (χ2v) is 6.22. The fourth-order valence-electron chi connectivity index (χ4n) is 3.20. The second-order valence-electron chi connectivity index (χ2n) is 6.22. The van der Waals surface area contributed by atoms with Gasteiger partial charge in [-0.25, -0.2) is 0 Å². The molecule has 2 aromatic carbocycles. The highest BCUT2D eigenvalue weighted by atomic mass is 16.5. The molecule has 0 atom stereocenters. The maximum Gasteiger partial charge on any atom is 0.287 e. The van der Waals surface area contributed by atoms with Crippen molar-refractivity contribution < 1.29 is 18.7 Å². The van der Waals surface area contributed by atoms with Crippen LogP contribution in [0.2, 0.25) is 0 Å². The van der Waals surface area contributed by atoms with Crippen LogP contribution in [-0.4, -0.2) is 31.7 Å². The van der Waals surface area contributed by atoms with Gasteiger partial charge in [-0.2, -0.15) is 0 Å². The van der Waals surface area contributed by atoms with Gasteiger partial charge in [-0.3, -0.25) is 4.79 Å². The number of amides is 1. The zero-order valence-corrected chi connectivity index (χ0v) is 15.2. The molecule has 4 rings (SSSR count). The first-order chi connectivity index (χ1) is 13.2. The number of fused-ring (bicyclic) bond motifs is 2. The number of aromatic nitrogens is 1. The average Bonchev–Trinajstić information content (AvgIpc) is 3.31. The van der Waals surface area contributed by atoms with Crippen molar-refractivity contribution in [3.63, 3.8) is 0 Å². The Morgan fingerprint density at radius 3 is 2.85 bits per heavy atom. The van der Waals surface area contributed by atoms with Crippen molar-refractivity contribution in [2.45, 2.75) is 6.42 Å². The van der Waals surface area contributed by atoms with Gasteiger partial charge < -0.3 is 24.2 Å². The molecule has 0 unspecified atom stereocenters. The van der Waals surface area contributed by atoms with Crippen LogP contribution in [-0.2, 0) is 6.42 Å². The van der Waals surface area contributed by atoms with E-state index in [4.69, 9.17) is 13.9 Å². The molecule has 138 valence electrons. The van der Waals surface area contributed by atoms with E-state index < -0.39 is 0 Å². The molecule has 2 heterocycles. The van der Waals surface area contributed by atoms with Crippen molar-refractivity contribution in [2.24, 2.45) is 0 Å². The predicted octanol–water partition coefficient (Wildman–Crippen LogP) is 3.90. The summed E-state index contributed by atoms with van der Waals surface area (Å²) >= 11 is 0. The number of aromatic amines is 1. The first kappa shape index (κ1) is 17.0. The number of carbonyl (C=O) groups is 1. The highest BCUT2D eigenvalue weighted by Gasteiger charge is 2.14. The number of benzene rings is 2. The highest BCUT2D eigenvalue weighted by Crippen LogP contribution is 2.28. The SMILES string of the molecule is COc1ccc2[nH]cc(CCNC(=O)c3cc4cccc(OC)c4o3)c2c1. The zero-order chi connectivity index (χ0) is 18.8. The fourth-order valence-corrected chi connectivity index (χ4v) is 3.20. The summed E-state index contributed by atoms with van der Waals surface area (Å²) in [4.78, 5) is 15.7. The third-order valence-electron chi connectivity index (χ3n) is 4.61. The van der Waals surface area contributed by atoms with Crippen molar-refractivity contribution in [3.05, 3.63) is 60.0 Å². The lowest BCUT2D eigenvalue weighted by molar-refractivity contribution is 0.0928. The summed E-state index contributed by atoms with van der Waals surface area (Å²) in [6.45, 7) is 0.497. The Morgan fingerprint density at radius 1 is 1.15 bits per heavy atom. The Hall–Kier alpha value is -3.41. The maximum absolute atomic E-state index is 12.4. The van der Waals surface area contributed by atoms with Crippen molar-refractivity contribution in [2.75, 3.05) is 20.8 Å². The fraction of sp³-hybridized carbons (Fsp3) is 0.190. The van der Waals surface area contributed by atoms with Gasteiger partial charge in [0.1, 0.15) is 5.75 Å². The van der Waals surface area contributed by atoms with Gasteiger partial charge in [-0.15, -0.1) is 0 Å². The standard InChI is InChI=1S/C21H20N2O4/c1-25-15-6-7-17-16(11-15)14(12-23-17)8-9-22-21(24)19-10-13-4-3-5-18(26-2)20(13)27-19/h3-7,10-12,23H,8-9H2,1-2H3,(H,22,24). The lowest BCUT2D eigenvalue weighted by Gasteiger charge is -2.04. The maximum atomic E-state index is 12.4. The summed E-state index contributed by atoms with van der Waals surface area (Å²) in [6.07, 6.45) is 2.66. The lowest BCUT2D eigenvalue weighted by Crippen LogP contribution is -2.25. The molecule has 0 aliphatic carbocycles. The van der Waals surface area contributed by atoms with Crippen LogP contribution in [0, 0.1) is 0 Å². The highest BCUT2D eigenvalue weighted by molar-refractivity contribution is 5.97. The molecule has 0 fully saturated rings. The Morgan fingerprint density at radius 2 is 2.04 bits per heavy atom. The monoisotopic (exact) mass is 364 g/mol. The van der Waals surface area contributed by atoms with Crippen molar-refractivity contribution in [1.82, 2.24) is 10.3 Å². The van der Waals surface area contributed by atoms with Crippen molar-refractivity contribution in [1.29, 1.82) is 0 Å². The first-order valence-corrected chi connectivity index (χ1v) is 8.68. The topological polar surface area (TPSA) is 76.5 Å². The van der Waals surface area contributed by atoms with Gasteiger partial charge in [-0.1, -0.05) is 12.1 Å². The van der Waals surface area contributed by atoms with E-state index in [0.29, 0.717) is 24.3 Å². The minimum absolute atomic E-state index is 0.245. The molecular weight excluding hydrogens is 344 g/mol. The van der Waals surface area contributed by atoms with E-state index in [0.717, 1.165) is 27.6 Å². The first-order valence-electron chi connectivity index (χ1n) is 8.68. The second kappa shape index (κ2) is 7.07. The van der Waals surface area contributed by atoms with Crippen molar-refractivity contribution >= 4 is 27.8 Å². The Balaban J connectivity index is 1.45. The molecule has 0 aliphatic heterocycles. The summed E-state index contributed by atoms with van der Waals surface area (Å²) in [7, 11) is 3.23. The number of para-hydroxylation sites is 1. The van der Waals surface area contributed by atoms with Gasteiger partial charge in [-0.05, 0) is 42.3 Å². The van der Waals surface area contributed by atoms with Crippen LogP contribution in [0.3, 0.4) is 0 Å². The van der Waals surface area contributed by atoms with Crippen LogP contribution in [0.5, 0.6) is 11.5 Å². The van der Waals surface area contributed by atoms with E-state index in [1.165, 1.54) is 0 Å². The number of nitrogens with one attached hydrogen (secondary N) is 2. The summed E-state index contributed by atoms with van der Waals surface area (Å²) in [5.74, 6) is 1.45. The summed E-state index contributed by atoms with van der Waals surface area (Å²) in [6, 6.07) is 13.2. The minimum Gasteiger partial charge on any atom is -0.497 e. The number of rotatable bonds is 6. The third-order valence-corrected chi connectivity index (χ3v) is 4.61. The van der Waals surface area contributed by atoms with E-state index in [1.54, 1.807) is 26.4 Å². The van der Waals surface area contributed by atoms with Gasteiger partial charge in [0.05, 0.1) is 14.2 Å². The Labute approximate surface area is 156 Å². The number of H-pyrrole nitrogens is 1. The van der Waals surface area contributed by atoms with Crippen LogP contribution >= 0.6 is 0 Å². The van der Waals surface area contributed by atoms with Crippen LogP contribution in [0.25, 0.3) is 21.9 Å². The smallest absolute Gasteiger partial charge is 0.287 e. The lowest BCUT2D eigenvalue weighted by atomic mass is 10.1. The van der Waals surface area contributed by atoms with Gasteiger partial charge in [0.25, 0.3) is 5.91 Å². The molecular formula is C21H20N2O4. The number of ether oxygens (including phenoxy) is 2. The van der Waals surface area contributed by atoms with Gasteiger partial charge in [0.15, 0.2) is 17.1 Å². The molecule has 6 heteroatoms. The molecule has 4 aromatic rings. The van der Waals surface area contributed by atoms with Gasteiger partial charge in [0.2, 0.25) is 0 Å². The molecule has 2 N–H and O–H groups in total. The van der Waals surface area contributed by atoms with E-state index in [2.05, 4.69) is 10.3 Å². The number of hydrogen-bond donors (Lipinski definition) is 2. The molecule has 0 saturated heterocycles. The number of methoxy groups -OCH3 is 2. The van der Waals surface area contributed by atoms with E-state index in [1.807, 2.05) is 36.5 Å². The van der Waals surface area contributed by atoms with Crippen LogP contribution in [0.1, 0.15) is 16.1 Å². The summed E-state index contributed by atoms with van der Waals surface area (Å²) in [5.41, 5.74) is 2.74. The van der Waals surface area contributed by atoms with E-state index in [-0.39, 0.29) is 11.7 Å². The van der Waals surface area contributed by atoms with E-state index >= 15 is 0 Å². The molecule has 27 heavy (non-hydrogen) atoms. The van der Waals surface area contributed by atoms with Gasteiger partial charge >= 0.3 is 0 Å². The Bertz CT molecular complexity index is 1110. The number of furan rings is 1. The van der Waals surface area contributed by atoms with Crippen molar-refractivity contribution in [3.8, 4) is 11.5 Å². The summed E-state index contributed by atoms with van der Waals surface area (Å²) < 4.78 is 16.2.